The van der Waals surface area contributed by atoms with E-state index in [1.807, 2.05) is 36.4 Å². The number of fused-ring (bicyclic) bond motifs is 1. The minimum atomic E-state index is -0.317. The van der Waals surface area contributed by atoms with Crippen molar-refractivity contribution in [3.63, 3.8) is 0 Å². The van der Waals surface area contributed by atoms with Crippen LogP contribution < -0.4 is 4.90 Å². The van der Waals surface area contributed by atoms with E-state index in [0.717, 1.165) is 39.7 Å². The average molecular weight is 437 g/mol. The lowest BCUT2D eigenvalue weighted by atomic mass is 9.90. The number of carbonyl (C=O) groups is 1. The SMILES string of the molecule is CC(C)c1cc(Br)c(Cl)c2c1N(C(=O)OCc1ccccc1)C(C)CC2. The molecule has 5 heteroatoms. The van der Waals surface area contributed by atoms with Gasteiger partial charge < -0.3 is 4.74 Å². The van der Waals surface area contributed by atoms with Crippen molar-refractivity contribution in [1.82, 2.24) is 0 Å². The van der Waals surface area contributed by atoms with E-state index in [1.54, 1.807) is 4.90 Å². The second-order valence-electron chi connectivity index (χ2n) is 7.04. The van der Waals surface area contributed by atoms with Crippen molar-refractivity contribution < 1.29 is 9.53 Å². The first-order chi connectivity index (χ1) is 12.4. The Bertz CT molecular complexity index is 807. The van der Waals surface area contributed by atoms with Gasteiger partial charge in [-0.3, -0.25) is 4.90 Å². The first-order valence-corrected chi connectivity index (χ1v) is 10.1. The molecule has 26 heavy (non-hydrogen) atoms. The highest BCUT2D eigenvalue weighted by Crippen LogP contribution is 2.44. The monoisotopic (exact) mass is 435 g/mol. The van der Waals surface area contributed by atoms with Gasteiger partial charge in [0, 0.05) is 10.5 Å². The van der Waals surface area contributed by atoms with Gasteiger partial charge in [-0.2, -0.15) is 0 Å². The third-order valence-corrected chi connectivity index (χ3v) is 6.12. The van der Waals surface area contributed by atoms with Crippen molar-refractivity contribution in [2.45, 2.75) is 52.2 Å². The van der Waals surface area contributed by atoms with E-state index in [1.165, 1.54) is 0 Å². The Labute approximate surface area is 168 Å². The molecule has 0 bridgehead atoms. The zero-order chi connectivity index (χ0) is 18.8. The fourth-order valence-electron chi connectivity index (χ4n) is 3.41. The molecule has 1 amide bonds. The van der Waals surface area contributed by atoms with E-state index in [-0.39, 0.29) is 24.7 Å². The molecule has 0 aliphatic carbocycles. The second kappa shape index (κ2) is 8.01. The highest BCUT2D eigenvalue weighted by molar-refractivity contribution is 9.10. The van der Waals surface area contributed by atoms with Gasteiger partial charge >= 0.3 is 6.09 Å². The van der Waals surface area contributed by atoms with Gasteiger partial charge in [-0.05, 0) is 64.4 Å². The van der Waals surface area contributed by atoms with Crippen LogP contribution in [0.5, 0.6) is 0 Å². The summed E-state index contributed by atoms with van der Waals surface area (Å²) in [5, 5.41) is 0.692. The molecule has 1 atom stereocenters. The maximum Gasteiger partial charge on any atom is 0.414 e. The Morgan fingerprint density at radius 1 is 1.35 bits per heavy atom. The van der Waals surface area contributed by atoms with Crippen LogP contribution in [0.25, 0.3) is 0 Å². The number of halogens is 2. The number of carbonyl (C=O) groups excluding carboxylic acids is 1. The minimum absolute atomic E-state index is 0.0699. The van der Waals surface area contributed by atoms with Crippen LogP contribution in [-0.2, 0) is 17.8 Å². The van der Waals surface area contributed by atoms with Gasteiger partial charge in [-0.25, -0.2) is 4.79 Å². The van der Waals surface area contributed by atoms with Gasteiger partial charge in [0.25, 0.3) is 0 Å². The molecule has 0 fully saturated rings. The van der Waals surface area contributed by atoms with Gasteiger partial charge in [0.05, 0.1) is 10.7 Å². The molecule has 0 radical (unpaired) electrons. The third-order valence-electron chi connectivity index (χ3n) is 4.83. The summed E-state index contributed by atoms with van der Waals surface area (Å²) in [7, 11) is 0. The number of rotatable bonds is 3. The van der Waals surface area contributed by atoms with E-state index in [4.69, 9.17) is 16.3 Å². The molecular formula is C21H23BrClNO2. The molecule has 1 aliphatic rings. The molecule has 138 valence electrons. The van der Waals surface area contributed by atoms with Gasteiger partial charge in [0.15, 0.2) is 0 Å². The number of hydrogen-bond acceptors (Lipinski definition) is 2. The molecule has 0 aromatic heterocycles. The summed E-state index contributed by atoms with van der Waals surface area (Å²) in [5.41, 5.74) is 4.03. The summed E-state index contributed by atoms with van der Waals surface area (Å²) in [4.78, 5) is 14.8. The summed E-state index contributed by atoms with van der Waals surface area (Å²) in [6.45, 7) is 6.58. The zero-order valence-corrected chi connectivity index (χ0v) is 17.6. The number of benzene rings is 2. The normalized spacial score (nSPS) is 16.5. The Morgan fingerprint density at radius 3 is 2.69 bits per heavy atom. The summed E-state index contributed by atoms with van der Waals surface area (Å²) in [5.74, 6) is 0.270. The second-order valence-corrected chi connectivity index (χ2v) is 8.27. The van der Waals surface area contributed by atoms with Crippen LogP contribution in [0.15, 0.2) is 40.9 Å². The van der Waals surface area contributed by atoms with Gasteiger partial charge in [0.2, 0.25) is 0 Å². The predicted molar refractivity (Wildman–Crippen MR) is 110 cm³/mol. The Kier molecular flexibility index (Phi) is 5.93. The van der Waals surface area contributed by atoms with E-state index in [2.05, 4.69) is 36.7 Å². The molecule has 2 aromatic rings. The van der Waals surface area contributed by atoms with Crippen molar-refractivity contribution in [2.24, 2.45) is 0 Å². The van der Waals surface area contributed by atoms with Crippen LogP contribution in [-0.4, -0.2) is 12.1 Å². The molecule has 1 unspecified atom stereocenters. The molecule has 3 nitrogen and oxygen atoms in total. The van der Waals surface area contributed by atoms with Gasteiger partial charge in [-0.15, -0.1) is 0 Å². The predicted octanol–water partition coefficient (Wildman–Crippen LogP) is 6.70. The topological polar surface area (TPSA) is 29.5 Å². The molecule has 0 saturated carbocycles. The van der Waals surface area contributed by atoms with Crippen molar-refractivity contribution >= 4 is 39.3 Å². The van der Waals surface area contributed by atoms with Gasteiger partial charge in [-0.1, -0.05) is 55.8 Å². The first-order valence-electron chi connectivity index (χ1n) is 8.90. The van der Waals surface area contributed by atoms with Gasteiger partial charge in [0.1, 0.15) is 6.61 Å². The lowest BCUT2D eigenvalue weighted by Gasteiger charge is -2.37. The number of amides is 1. The summed E-state index contributed by atoms with van der Waals surface area (Å²) < 4.78 is 6.51. The highest BCUT2D eigenvalue weighted by atomic mass is 79.9. The lowest BCUT2D eigenvalue weighted by molar-refractivity contribution is 0.144. The van der Waals surface area contributed by atoms with Crippen LogP contribution in [0.2, 0.25) is 5.02 Å². The molecule has 3 rings (SSSR count). The standard InChI is InChI=1S/C21H23BrClNO2/c1-13(2)17-11-18(22)19(23)16-10-9-14(3)24(20(16)17)21(25)26-12-15-7-5-4-6-8-15/h4-8,11,13-14H,9-10,12H2,1-3H3. The fraction of sp³-hybridized carbons (Fsp3) is 0.381. The van der Waals surface area contributed by atoms with E-state index >= 15 is 0 Å². The number of nitrogens with zero attached hydrogens (tertiary/aromatic N) is 1. The van der Waals surface area contributed by atoms with Crippen molar-refractivity contribution in [3.05, 3.63) is 62.6 Å². The summed E-state index contributed by atoms with van der Waals surface area (Å²) in [6, 6.07) is 11.8. The number of hydrogen-bond donors (Lipinski definition) is 0. The van der Waals surface area contributed by atoms with Crippen molar-refractivity contribution in [1.29, 1.82) is 0 Å². The van der Waals surface area contributed by atoms with Crippen molar-refractivity contribution in [2.75, 3.05) is 4.90 Å². The smallest absolute Gasteiger partial charge is 0.414 e. The lowest BCUT2D eigenvalue weighted by Crippen LogP contribution is -2.43. The maximum atomic E-state index is 13.0. The average Bonchev–Trinajstić information content (AvgIpc) is 2.63. The molecule has 0 N–H and O–H groups in total. The van der Waals surface area contributed by atoms with E-state index in [9.17, 15) is 4.79 Å². The Hall–Kier alpha value is -1.52. The molecule has 0 saturated heterocycles. The number of ether oxygens (including phenoxy) is 1. The first kappa shape index (κ1) is 19.2. The summed E-state index contributed by atoms with van der Waals surface area (Å²) in [6.07, 6.45) is 1.40. The number of anilines is 1. The Morgan fingerprint density at radius 2 is 2.04 bits per heavy atom. The van der Waals surface area contributed by atoms with Crippen LogP contribution in [0.1, 0.15) is 49.8 Å². The minimum Gasteiger partial charge on any atom is -0.444 e. The van der Waals surface area contributed by atoms with Crippen LogP contribution in [0.4, 0.5) is 10.5 Å². The van der Waals surface area contributed by atoms with Crippen LogP contribution in [0.3, 0.4) is 0 Å². The van der Waals surface area contributed by atoms with E-state index < -0.39 is 0 Å². The van der Waals surface area contributed by atoms with Crippen LogP contribution in [0, 0.1) is 0 Å². The third kappa shape index (κ3) is 3.77. The van der Waals surface area contributed by atoms with Crippen molar-refractivity contribution in [3.8, 4) is 0 Å². The molecule has 1 heterocycles. The van der Waals surface area contributed by atoms with Crippen LogP contribution >= 0.6 is 27.5 Å². The summed E-state index contributed by atoms with van der Waals surface area (Å²) >= 11 is 10.1. The maximum absolute atomic E-state index is 13.0. The molecule has 0 spiro atoms. The molecule has 1 aliphatic heterocycles. The molecular weight excluding hydrogens is 414 g/mol. The quantitative estimate of drug-likeness (QED) is 0.535. The largest absolute Gasteiger partial charge is 0.444 e. The van der Waals surface area contributed by atoms with E-state index in [0.29, 0.717) is 5.02 Å². The fourth-order valence-corrected chi connectivity index (χ4v) is 4.13. The Balaban J connectivity index is 1.95. The molecule has 2 aromatic carbocycles. The zero-order valence-electron chi connectivity index (χ0n) is 15.3. The highest BCUT2D eigenvalue weighted by Gasteiger charge is 2.34.